The Morgan fingerprint density at radius 3 is 2.29 bits per heavy atom. The molecule has 0 spiro atoms. The average molecular weight is 704 g/mol. The fourth-order valence-corrected chi connectivity index (χ4v) is 9.59. The maximum Gasteiger partial charge on any atom is 0.326 e. The predicted molar refractivity (Wildman–Crippen MR) is 184 cm³/mol. The van der Waals surface area contributed by atoms with E-state index in [4.69, 9.17) is 5.73 Å². The Labute approximate surface area is 281 Å². The smallest absolute Gasteiger partial charge is 0.326 e. The zero-order valence-electron chi connectivity index (χ0n) is 27.1. The molecule has 15 heteroatoms. The molecule has 4 atom stereocenters. The first-order valence-corrected chi connectivity index (χ1v) is 20.0. The first-order valence-electron chi connectivity index (χ1n) is 16.1. The molecule has 2 unspecified atom stereocenters. The van der Waals surface area contributed by atoms with Crippen molar-refractivity contribution in [1.29, 1.82) is 0 Å². The van der Waals surface area contributed by atoms with Crippen molar-refractivity contribution in [1.82, 2.24) is 20.3 Å². The van der Waals surface area contributed by atoms with E-state index < -0.39 is 64.6 Å². The molecule has 1 aliphatic carbocycles. The normalized spacial score (nSPS) is 17.6. The lowest BCUT2D eigenvalue weighted by atomic mass is 9.87. The van der Waals surface area contributed by atoms with Gasteiger partial charge in [-0.05, 0) is 49.4 Å². The molecule has 262 valence electrons. The highest BCUT2D eigenvalue weighted by atomic mass is 32.2. The molecule has 3 aromatic rings. The van der Waals surface area contributed by atoms with E-state index in [0.717, 1.165) is 17.2 Å². The first-order chi connectivity index (χ1) is 22.7. The molecule has 0 saturated heterocycles. The van der Waals surface area contributed by atoms with Crippen LogP contribution in [0.15, 0.2) is 60.8 Å². The monoisotopic (exact) mass is 703 g/mol. The topological polar surface area (TPSA) is 221 Å². The average Bonchev–Trinajstić information content (AvgIpc) is 3.67. The van der Waals surface area contributed by atoms with E-state index in [1.807, 2.05) is 24.3 Å². The van der Waals surface area contributed by atoms with Crippen LogP contribution in [0.25, 0.3) is 10.9 Å². The van der Waals surface area contributed by atoms with Crippen LogP contribution in [0.1, 0.15) is 56.1 Å². The zero-order chi connectivity index (χ0) is 35.0. The maximum atomic E-state index is 14.4. The lowest BCUT2D eigenvalue weighted by Crippen LogP contribution is -2.52. The number of H-pyrrole nitrogens is 1. The standard InChI is InChI=1S/C33H46N5O8PS/c1-48(45,46)38-27(15-7-10-18-34)30(39)37-29(19-23-11-3-2-4-12-23)47(43,44)22-33(16-8-9-17-33)32(42)36-28(31(40)41)20-24-21-35-26-14-6-5-13-25(24)26/h2-6,11-14,21,27-29,35,38H,7-10,15-20,22,34H2,1H3,(H,36,42)(H,37,39)(H,40,41)(H,43,44)/t27?,28-,29+/m0/s1. The van der Waals surface area contributed by atoms with E-state index in [2.05, 4.69) is 20.3 Å². The van der Waals surface area contributed by atoms with Gasteiger partial charge in [-0.3, -0.25) is 14.2 Å². The molecule has 2 aromatic carbocycles. The minimum atomic E-state index is -4.41. The Bertz CT molecular complexity index is 1730. The summed E-state index contributed by atoms with van der Waals surface area (Å²) in [7, 11) is -8.21. The number of unbranched alkanes of at least 4 members (excludes halogenated alkanes) is 1. The first kappa shape index (κ1) is 37.3. The number of hydrogen-bond donors (Lipinski definition) is 7. The van der Waals surface area contributed by atoms with Crippen LogP contribution in [0.4, 0.5) is 0 Å². The summed E-state index contributed by atoms with van der Waals surface area (Å²) in [4.78, 5) is 54.7. The number of carboxylic acids is 1. The number of amides is 2. The number of carbonyl (C=O) groups is 3. The molecule has 4 rings (SSSR count). The van der Waals surface area contributed by atoms with Crippen LogP contribution < -0.4 is 21.1 Å². The molecule has 1 saturated carbocycles. The molecular weight excluding hydrogens is 657 g/mol. The maximum absolute atomic E-state index is 14.4. The summed E-state index contributed by atoms with van der Waals surface area (Å²) in [5.74, 6) is -3.97. The van der Waals surface area contributed by atoms with E-state index in [1.54, 1.807) is 36.5 Å². The van der Waals surface area contributed by atoms with Gasteiger partial charge in [-0.25, -0.2) is 17.9 Å². The third-order valence-corrected chi connectivity index (χ3v) is 12.0. The van der Waals surface area contributed by atoms with Crippen LogP contribution >= 0.6 is 7.37 Å². The number of benzene rings is 2. The predicted octanol–water partition coefficient (Wildman–Crippen LogP) is 2.84. The molecule has 2 amide bonds. The second kappa shape index (κ2) is 16.2. The Balaban J connectivity index is 1.59. The molecule has 0 bridgehead atoms. The van der Waals surface area contributed by atoms with Crippen molar-refractivity contribution < 1.29 is 37.4 Å². The quantitative estimate of drug-likeness (QED) is 0.0764. The number of carboxylic acid groups (broad SMARTS) is 1. The van der Waals surface area contributed by atoms with Gasteiger partial charge in [0.1, 0.15) is 17.9 Å². The van der Waals surface area contributed by atoms with E-state index in [0.29, 0.717) is 43.4 Å². The van der Waals surface area contributed by atoms with Gasteiger partial charge >= 0.3 is 5.97 Å². The van der Waals surface area contributed by atoms with Crippen LogP contribution in [0, 0.1) is 5.41 Å². The molecule has 48 heavy (non-hydrogen) atoms. The molecular formula is C33H46N5O8PS. The fourth-order valence-electron chi connectivity index (χ4n) is 6.48. The van der Waals surface area contributed by atoms with Gasteiger partial charge in [-0.2, -0.15) is 0 Å². The minimum Gasteiger partial charge on any atom is -0.480 e. The number of carbonyl (C=O) groups excluding carboxylic acids is 2. The second-order valence-electron chi connectivity index (χ2n) is 12.8. The highest BCUT2D eigenvalue weighted by Crippen LogP contribution is 2.55. The SMILES string of the molecule is CS(=O)(=O)NC(CCCCN)C(=O)N[C@@H](Cc1ccccc1)P(=O)(O)CC1(C(=O)N[C@@H](Cc2c[nH]c3ccccc23)C(=O)O)CCCC1. The highest BCUT2D eigenvalue weighted by molar-refractivity contribution is 7.88. The number of fused-ring (bicyclic) bond motifs is 1. The molecule has 1 aromatic heterocycles. The summed E-state index contributed by atoms with van der Waals surface area (Å²) in [6.07, 6.45) is 4.98. The van der Waals surface area contributed by atoms with Crippen molar-refractivity contribution in [2.75, 3.05) is 19.0 Å². The summed E-state index contributed by atoms with van der Waals surface area (Å²) in [5, 5.41) is 16.2. The number of aliphatic carboxylic acids is 1. The number of sulfonamides is 1. The molecule has 1 fully saturated rings. The van der Waals surface area contributed by atoms with Gasteiger partial charge in [-0.15, -0.1) is 0 Å². The van der Waals surface area contributed by atoms with Gasteiger partial charge < -0.3 is 31.4 Å². The molecule has 1 aliphatic rings. The van der Waals surface area contributed by atoms with E-state index in [-0.39, 0.29) is 32.1 Å². The third kappa shape index (κ3) is 9.99. The third-order valence-electron chi connectivity index (χ3n) is 8.96. The van der Waals surface area contributed by atoms with E-state index in [1.165, 1.54) is 0 Å². The number of aromatic nitrogens is 1. The van der Waals surface area contributed by atoms with Crippen molar-refractivity contribution >= 4 is 46.1 Å². The number of para-hydroxylation sites is 1. The molecule has 1 heterocycles. The Kier molecular flexibility index (Phi) is 12.6. The van der Waals surface area contributed by atoms with Crippen molar-refractivity contribution in [3.63, 3.8) is 0 Å². The summed E-state index contributed by atoms with van der Waals surface area (Å²) in [6.45, 7) is 0.352. The van der Waals surface area contributed by atoms with E-state index >= 15 is 0 Å². The van der Waals surface area contributed by atoms with Crippen LogP contribution in [-0.4, -0.2) is 78.0 Å². The lowest BCUT2D eigenvalue weighted by Gasteiger charge is -2.34. The fraction of sp³-hybridized carbons (Fsp3) is 0.485. The Hall–Kier alpha value is -3.55. The number of rotatable bonds is 18. The van der Waals surface area contributed by atoms with Gasteiger partial charge in [0.05, 0.1) is 11.7 Å². The van der Waals surface area contributed by atoms with Crippen LogP contribution in [0.3, 0.4) is 0 Å². The molecule has 13 nitrogen and oxygen atoms in total. The van der Waals surface area contributed by atoms with E-state index in [9.17, 15) is 37.4 Å². The second-order valence-corrected chi connectivity index (χ2v) is 17.0. The highest BCUT2D eigenvalue weighted by Gasteiger charge is 2.49. The van der Waals surface area contributed by atoms with Crippen LogP contribution in [0.5, 0.6) is 0 Å². The van der Waals surface area contributed by atoms with Gasteiger partial charge in [-0.1, -0.05) is 67.8 Å². The van der Waals surface area contributed by atoms with Crippen molar-refractivity contribution in [2.24, 2.45) is 11.1 Å². The lowest BCUT2D eigenvalue weighted by molar-refractivity contribution is -0.143. The van der Waals surface area contributed by atoms with Crippen molar-refractivity contribution in [2.45, 2.75) is 75.7 Å². The van der Waals surface area contributed by atoms with Crippen molar-refractivity contribution in [3.05, 3.63) is 71.9 Å². The minimum absolute atomic E-state index is 0.00350. The van der Waals surface area contributed by atoms with Gasteiger partial charge in [0.2, 0.25) is 29.2 Å². The molecule has 0 radical (unpaired) electrons. The van der Waals surface area contributed by atoms with Crippen LogP contribution in [0.2, 0.25) is 0 Å². The Morgan fingerprint density at radius 2 is 1.65 bits per heavy atom. The zero-order valence-corrected chi connectivity index (χ0v) is 28.8. The van der Waals surface area contributed by atoms with Crippen molar-refractivity contribution in [3.8, 4) is 0 Å². The summed E-state index contributed by atoms with van der Waals surface area (Å²) < 4.78 is 40.9. The number of aromatic amines is 1. The Morgan fingerprint density at radius 1 is 0.979 bits per heavy atom. The summed E-state index contributed by atoms with van der Waals surface area (Å²) in [5.41, 5.74) is 6.43. The molecule has 0 aliphatic heterocycles. The van der Waals surface area contributed by atoms with Crippen LogP contribution in [-0.2, 0) is 41.8 Å². The van der Waals surface area contributed by atoms with Gasteiger partial charge in [0, 0.05) is 36.1 Å². The van der Waals surface area contributed by atoms with Gasteiger partial charge in [0.25, 0.3) is 0 Å². The molecule has 8 N–H and O–H groups in total. The number of nitrogens with two attached hydrogens (primary N) is 1. The number of hydrogen-bond acceptors (Lipinski definition) is 7. The van der Waals surface area contributed by atoms with Gasteiger partial charge in [0.15, 0.2) is 0 Å². The summed E-state index contributed by atoms with van der Waals surface area (Å²) in [6, 6.07) is 13.7. The largest absolute Gasteiger partial charge is 0.480 e. The summed E-state index contributed by atoms with van der Waals surface area (Å²) >= 11 is 0. The number of nitrogens with one attached hydrogen (secondary N) is 4.